The van der Waals surface area contributed by atoms with Gasteiger partial charge in [-0.05, 0) is 56.0 Å². The zero-order valence-corrected chi connectivity index (χ0v) is 13.1. The Morgan fingerprint density at radius 2 is 1.84 bits per heavy atom. The van der Waals surface area contributed by atoms with Crippen LogP contribution in [0.1, 0.15) is 24.5 Å². The third kappa shape index (κ3) is 4.39. The summed E-state index contributed by atoms with van der Waals surface area (Å²) in [5, 5.41) is 3.59. The van der Waals surface area contributed by atoms with E-state index in [9.17, 15) is 0 Å². The average Bonchev–Trinajstić information content (AvgIpc) is 2.41. The quantitative estimate of drug-likeness (QED) is 0.800. The fourth-order valence-electron chi connectivity index (χ4n) is 2.15. The number of aryl methyl sites for hydroxylation is 2. The zero-order valence-electron chi connectivity index (χ0n) is 11.5. The van der Waals surface area contributed by atoms with E-state index < -0.39 is 0 Å². The van der Waals surface area contributed by atoms with Crippen molar-refractivity contribution in [3.63, 3.8) is 0 Å². The molecule has 0 aliphatic heterocycles. The topological polar surface area (TPSA) is 12.0 Å². The monoisotopic (exact) mass is 317 g/mol. The molecule has 1 N–H and O–H groups in total. The molecule has 0 amide bonds. The molecule has 0 saturated heterocycles. The van der Waals surface area contributed by atoms with E-state index in [1.807, 2.05) is 0 Å². The van der Waals surface area contributed by atoms with Crippen LogP contribution < -0.4 is 5.32 Å². The van der Waals surface area contributed by atoms with Gasteiger partial charge in [0.05, 0.1) is 0 Å². The number of benzene rings is 2. The molecule has 2 heteroatoms. The minimum Gasteiger partial charge on any atom is -0.382 e. The van der Waals surface area contributed by atoms with Crippen LogP contribution in [0.2, 0.25) is 0 Å². The number of nitrogens with one attached hydrogen (secondary N) is 1. The molecule has 1 unspecified atom stereocenters. The molecule has 2 rings (SSSR count). The van der Waals surface area contributed by atoms with Crippen LogP contribution in [-0.4, -0.2) is 6.04 Å². The van der Waals surface area contributed by atoms with Crippen molar-refractivity contribution in [1.29, 1.82) is 0 Å². The Labute approximate surface area is 124 Å². The molecule has 1 atom stereocenters. The van der Waals surface area contributed by atoms with Crippen LogP contribution in [0.4, 0.5) is 5.69 Å². The summed E-state index contributed by atoms with van der Waals surface area (Å²) in [6.07, 6.45) is 2.25. The highest BCUT2D eigenvalue weighted by Gasteiger charge is 2.05. The van der Waals surface area contributed by atoms with E-state index in [0.717, 1.165) is 17.3 Å². The van der Waals surface area contributed by atoms with Crippen LogP contribution in [0.3, 0.4) is 0 Å². The number of halogens is 1. The minimum atomic E-state index is 0.472. The van der Waals surface area contributed by atoms with Crippen molar-refractivity contribution in [2.75, 3.05) is 5.32 Å². The van der Waals surface area contributed by atoms with Gasteiger partial charge in [-0.2, -0.15) is 0 Å². The predicted molar refractivity (Wildman–Crippen MR) is 86.7 cm³/mol. The van der Waals surface area contributed by atoms with E-state index >= 15 is 0 Å². The molecule has 0 heterocycles. The third-order valence-electron chi connectivity index (χ3n) is 3.30. The molecular weight excluding hydrogens is 298 g/mol. The van der Waals surface area contributed by atoms with Gasteiger partial charge in [-0.1, -0.05) is 46.3 Å². The highest BCUT2D eigenvalue weighted by Crippen LogP contribution is 2.21. The molecule has 0 saturated carbocycles. The molecule has 0 radical (unpaired) electrons. The Morgan fingerprint density at radius 1 is 1.11 bits per heavy atom. The van der Waals surface area contributed by atoms with E-state index in [1.165, 1.54) is 16.8 Å². The van der Waals surface area contributed by atoms with E-state index in [4.69, 9.17) is 0 Å². The second kappa shape index (κ2) is 6.76. The van der Waals surface area contributed by atoms with Crippen molar-refractivity contribution in [1.82, 2.24) is 0 Å². The minimum absolute atomic E-state index is 0.472. The summed E-state index contributed by atoms with van der Waals surface area (Å²) in [7, 11) is 0. The lowest BCUT2D eigenvalue weighted by Gasteiger charge is -2.17. The lowest BCUT2D eigenvalue weighted by Crippen LogP contribution is -2.16. The standard InChI is InChI=1S/C17H20BrN/c1-13-12-16(18)10-11-17(13)19-14(2)8-9-15-6-4-3-5-7-15/h3-7,10-12,14,19H,8-9H2,1-2H3. The zero-order chi connectivity index (χ0) is 13.7. The first-order valence-corrected chi connectivity index (χ1v) is 7.51. The van der Waals surface area contributed by atoms with Gasteiger partial charge in [0.25, 0.3) is 0 Å². The SMILES string of the molecule is Cc1cc(Br)ccc1NC(C)CCc1ccccc1. The van der Waals surface area contributed by atoms with Gasteiger partial charge in [0, 0.05) is 16.2 Å². The summed E-state index contributed by atoms with van der Waals surface area (Å²) in [4.78, 5) is 0. The Morgan fingerprint density at radius 3 is 2.53 bits per heavy atom. The first-order valence-electron chi connectivity index (χ1n) is 6.72. The molecule has 0 bridgehead atoms. The average molecular weight is 318 g/mol. The molecule has 2 aromatic rings. The van der Waals surface area contributed by atoms with Gasteiger partial charge in [0.15, 0.2) is 0 Å². The molecule has 19 heavy (non-hydrogen) atoms. The predicted octanol–water partition coefficient (Wildman–Crippen LogP) is 5.19. The van der Waals surface area contributed by atoms with Crippen molar-refractivity contribution in [2.24, 2.45) is 0 Å². The normalized spacial score (nSPS) is 12.2. The van der Waals surface area contributed by atoms with Crippen LogP contribution in [0.5, 0.6) is 0 Å². The van der Waals surface area contributed by atoms with E-state index in [2.05, 4.69) is 83.6 Å². The van der Waals surface area contributed by atoms with Gasteiger partial charge < -0.3 is 5.32 Å². The Kier molecular flexibility index (Phi) is 5.03. The molecular formula is C17H20BrN. The van der Waals surface area contributed by atoms with E-state index in [1.54, 1.807) is 0 Å². The molecule has 0 aromatic heterocycles. The van der Waals surface area contributed by atoms with Crippen LogP contribution in [0, 0.1) is 6.92 Å². The maximum Gasteiger partial charge on any atom is 0.0372 e. The van der Waals surface area contributed by atoms with Crippen molar-refractivity contribution in [2.45, 2.75) is 32.7 Å². The molecule has 0 fully saturated rings. The number of hydrogen-bond acceptors (Lipinski definition) is 1. The van der Waals surface area contributed by atoms with Crippen molar-refractivity contribution in [3.05, 3.63) is 64.1 Å². The fraction of sp³-hybridized carbons (Fsp3) is 0.294. The van der Waals surface area contributed by atoms with Crippen LogP contribution in [0.15, 0.2) is 53.0 Å². The molecule has 0 aliphatic carbocycles. The summed E-state index contributed by atoms with van der Waals surface area (Å²) in [6.45, 7) is 4.38. The molecule has 1 nitrogen and oxygen atoms in total. The van der Waals surface area contributed by atoms with Crippen LogP contribution in [0.25, 0.3) is 0 Å². The highest BCUT2D eigenvalue weighted by molar-refractivity contribution is 9.10. The van der Waals surface area contributed by atoms with Gasteiger partial charge in [-0.15, -0.1) is 0 Å². The summed E-state index contributed by atoms with van der Waals surface area (Å²) >= 11 is 3.50. The number of hydrogen-bond donors (Lipinski definition) is 1. The lowest BCUT2D eigenvalue weighted by atomic mass is 10.1. The molecule has 100 valence electrons. The van der Waals surface area contributed by atoms with Gasteiger partial charge in [-0.25, -0.2) is 0 Å². The smallest absolute Gasteiger partial charge is 0.0372 e. The second-order valence-electron chi connectivity index (χ2n) is 5.03. The van der Waals surface area contributed by atoms with Crippen molar-refractivity contribution < 1.29 is 0 Å². The van der Waals surface area contributed by atoms with Gasteiger partial charge in [-0.3, -0.25) is 0 Å². The summed E-state index contributed by atoms with van der Waals surface area (Å²) in [6, 6.07) is 17.5. The first-order chi connectivity index (χ1) is 9.15. The van der Waals surface area contributed by atoms with Gasteiger partial charge in [0.2, 0.25) is 0 Å². The van der Waals surface area contributed by atoms with Crippen LogP contribution in [-0.2, 0) is 6.42 Å². The second-order valence-corrected chi connectivity index (χ2v) is 5.94. The lowest BCUT2D eigenvalue weighted by molar-refractivity contribution is 0.705. The summed E-state index contributed by atoms with van der Waals surface area (Å²) in [5.41, 5.74) is 3.91. The number of rotatable bonds is 5. The number of anilines is 1. The van der Waals surface area contributed by atoms with Gasteiger partial charge in [0.1, 0.15) is 0 Å². The Bertz CT molecular complexity index is 522. The molecule has 0 spiro atoms. The summed E-state index contributed by atoms with van der Waals surface area (Å²) in [5.74, 6) is 0. The fourth-order valence-corrected chi connectivity index (χ4v) is 2.63. The molecule has 2 aromatic carbocycles. The summed E-state index contributed by atoms with van der Waals surface area (Å²) < 4.78 is 1.13. The van der Waals surface area contributed by atoms with Crippen molar-refractivity contribution in [3.8, 4) is 0 Å². The van der Waals surface area contributed by atoms with E-state index in [0.29, 0.717) is 6.04 Å². The van der Waals surface area contributed by atoms with E-state index in [-0.39, 0.29) is 0 Å². The first kappa shape index (κ1) is 14.1. The third-order valence-corrected chi connectivity index (χ3v) is 3.79. The maximum atomic E-state index is 3.59. The Balaban J connectivity index is 1.89. The largest absolute Gasteiger partial charge is 0.382 e. The Hall–Kier alpha value is -1.28. The maximum absolute atomic E-state index is 3.59. The highest BCUT2D eigenvalue weighted by atomic mass is 79.9. The van der Waals surface area contributed by atoms with Gasteiger partial charge >= 0.3 is 0 Å². The van der Waals surface area contributed by atoms with Crippen LogP contribution >= 0.6 is 15.9 Å². The molecule has 0 aliphatic rings. The van der Waals surface area contributed by atoms with Crippen molar-refractivity contribution >= 4 is 21.6 Å².